The molecule has 1 N–H and O–H groups in total. The van der Waals surface area contributed by atoms with E-state index in [2.05, 4.69) is 6.58 Å². The van der Waals surface area contributed by atoms with Crippen LogP contribution in [0.1, 0.15) is 38.3 Å². The Morgan fingerprint density at radius 2 is 1.96 bits per heavy atom. The van der Waals surface area contributed by atoms with Crippen LogP contribution in [0, 0.1) is 0 Å². The van der Waals surface area contributed by atoms with Crippen molar-refractivity contribution in [1.82, 2.24) is 0 Å². The number of aliphatic hydroxyl groups excluding tert-OH is 1. The molecule has 0 radical (unpaired) electrons. The molecule has 4 heteroatoms. The number of aliphatic hydroxyl groups is 1. The summed E-state index contributed by atoms with van der Waals surface area (Å²) in [5.41, 5.74) is 3.61. The molecule has 0 fully saturated rings. The van der Waals surface area contributed by atoms with Gasteiger partial charge in [-0.3, -0.25) is 0 Å². The number of rotatable bonds is 4. The summed E-state index contributed by atoms with van der Waals surface area (Å²) in [5, 5.41) is 11.2. The molecule has 0 unspecified atom stereocenters. The standard InChI is InChI=1S/C18H19ClO2.C2H6.Pt/c1-4-6-15(17(19)5-2)16-9-7-12-11-13(21-3)8-10-14(12)18(16)20;1-2;/h4-6,8,10-11,20H,2,7,9H2,1,3H3;1-2H3;/b6-4-,17-15-;;. The van der Waals surface area contributed by atoms with E-state index < -0.39 is 0 Å². The summed E-state index contributed by atoms with van der Waals surface area (Å²) < 4.78 is 5.23. The molecule has 1 aliphatic rings. The molecule has 1 aromatic rings. The first-order valence-corrected chi connectivity index (χ1v) is 8.24. The molecule has 0 bridgehead atoms. The minimum Gasteiger partial charge on any atom is -0.507 e. The Bertz CT molecular complexity index is 658. The maximum absolute atomic E-state index is 10.6. The molecule has 1 aliphatic carbocycles. The molecule has 1 aromatic carbocycles. The van der Waals surface area contributed by atoms with Gasteiger partial charge in [-0.2, -0.15) is 0 Å². The van der Waals surface area contributed by atoms with Crippen LogP contribution >= 0.6 is 11.6 Å². The fraction of sp³-hybridized carbons (Fsp3) is 0.300. The van der Waals surface area contributed by atoms with Crippen LogP contribution in [0.5, 0.6) is 5.75 Å². The number of methoxy groups -OCH3 is 1. The number of ether oxygens (including phenoxy) is 1. The van der Waals surface area contributed by atoms with E-state index >= 15 is 0 Å². The third kappa shape index (κ3) is 5.13. The largest absolute Gasteiger partial charge is 0.507 e. The van der Waals surface area contributed by atoms with E-state index in [0.29, 0.717) is 5.03 Å². The Morgan fingerprint density at radius 3 is 2.50 bits per heavy atom. The maximum Gasteiger partial charge on any atom is 0.126 e. The van der Waals surface area contributed by atoms with Gasteiger partial charge in [0.2, 0.25) is 0 Å². The quantitative estimate of drug-likeness (QED) is 0.473. The van der Waals surface area contributed by atoms with Crippen molar-refractivity contribution in [2.45, 2.75) is 33.6 Å². The van der Waals surface area contributed by atoms with Crippen LogP contribution in [0.25, 0.3) is 5.76 Å². The van der Waals surface area contributed by atoms with Crippen LogP contribution in [0.2, 0.25) is 0 Å². The predicted octanol–water partition coefficient (Wildman–Crippen LogP) is 6.19. The number of benzene rings is 1. The Hall–Kier alpha value is -1.24. The van der Waals surface area contributed by atoms with E-state index in [1.807, 2.05) is 51.1 Å². The van der Waals surface area contributed by atoms with Crippen molar-refractivity contribution < 1.29 is 30.9 Å². The summed E-state index contributed by atoms with van der Waals surface area (Å²) in [6.45, 7) is 9.63. The van der Waals surface area contributed by atoms with Crippen molar-refractivity contribution in [1.29, 1.82) is 0 Å². The van der Waals surface area contributed by atoms with Crippen molar-refractivity contribution in [3.05, 3.63) is 70.3 Å². The molecule has 0 spiro atoms. The van der Waals surface area contributed by atoms with Crippen LogP contribution in [0.4, 0.5) is 0 Å². The zero-order valence-electron chi connectivity index (χ0n) is 14.6. The number of hydrogen-bond acceptors (Lipinski definition) is 2. The van der Waals surface area contributed by atoms with Crippen LogP contribution in [0.3, 0.4) is 0 Å². The van der Waals surface area contributed by atoms with Crippen molar-refractivity contribution in [2.24, 2.45) is 0 Å². The number of fused-ring (bicyclic) bond motifs is 1. The Morgan fingerprint density at radius 1 is 1.29 bits per heavy atom. The van der Waals surface area contributed by atoms with Crippen LogP contribution < -0.4 is 4.74 Å². The van der Waals surface area contributed by atoms with Gasteiger partial charge in [-0.05, 0) is 49.1 Å². The summed E-state index contributed by atoms with van der Waals surface area (Å²) >= 11 is 6.23. The molecule has 0 saturated heterocycles. The number of allylic oxidation sites excluding steroid dienone is 6. The fourth-order valence-corrected chi connectivity index (χ4v) is 2.72. The molecule has 134 valence electrons. The van der Waals surface area contributed by atoms with E-state index in [1.165, 1.54) is 0 Å². The van der Waals surface area contributed by atoms with Gasteiger partial charge in [-0.1, -0.05) is 50.3 Å². The third-order valence-corrected chi connectivity index (χ3v) is 3.95. The molecule has 0 heterocycles. The first-order chi connectivity index (χ1) is 11.1. The minimum absolute atomic E-state index is 0. The zero-order chi connectivity index (χ0) is 17.4. The van der Waals surface area contributed by atoms with Gasteiger partial charge in [0.1, 0.15) is 11.5 Å². The van der Waals surface area contributed by atoms with E-state index in [1.54, 1.807) is 13.2 Å². The molecule has 2 rings (SSSR count). The smallest absolute Gasteiger partial charge is 0.126 e. The van der Waals surface area contributed by atoms with E-state index in [-0.39, 0.29) is 26.8 Å². The fourth-order valence-electron chi connectivity index (χ4n) is 2.54. The molecule has 0 aliphatic heterocycles. The summed E-state index contributed by atoms with van der Waals surface area (Å²) in [6, 6.07) is 5.71. The van der Waals surface area contributed by atoms with Crippen molar-refractivity contribution >= 4 is 17.4 Å². The molecule has 0 saturated carbocycles. The molecular formula is C20H25ClO2Pt. The second kappa shape index (κ2) is 11.3. The van der Waals surface area contributed by atoms with E-state index in [0.717, 1.165) is 40.9 Å². The molecule has 2 nitrogen and oxygen atoms in total. The SMILES string of the molecule is C=C/C(Cl)=C(\C=C/C)C1=C(O)c2ccc(OC)cc2CC1.CC.[Pt]. The van der Waals surface area contributed by atoms with Gasteiger partial charge in [0.05, 0.1) is 7.11 Å². The van der Waals surface area contributed by atoms with Crippen LogP contribution in [0.15, 0.2) is 59.2 Å². The van der Waals surface area contributed by atoms with Gasteiger partial charge in [-0.25, -0.2) is 0 Å². The Balaban J connectivity index is 0.00000170. The van der Waals surface area contributed by atoms with Crippen LogP contribution in [-0.2, 0) is 27.5 Å². The van der Waals surface area contributed by atoms with Gasteiger partial charge in [0.25, 0.3) is 0 Å². The second-order valence-corrected chi connectivity index (χ2v) is 5.22. The predicted molar refractivity (Wildman–Crippen MR) is 100 cm³/mol. The van der Waals surface area contributed by atoms with Crippen LogP contribution in [-0.4, -0.2) is 12.2 Å². The maximum atomic E-state index is 10.6. The van der Waals surface area contributed by atoms with Gasteiger partial charge in [0, 0.05) is 37.2 Å². The number of hydrogen-bond donors (Lipinski definition) is 1. The molecular weight excluding hydrogens is 503 g/mol. The first-order valence-electron chi connectivity index (χ1n) is 7.87. The van der Waals surface area contributed by atoms with Crippen molar-refractivity contribution in [3.8, 4) is 5.75 Å². The summed E-state index contributed by atoms with van der Waals surface area (Å²) in [4.78, 5) is 0. The topological polar surface area (TPSA) is 29.5 Å². The Kier molecular flexibility index (Phi) is 10.8. The van der Waals surface area contributed by atoms with Gasteiger partial charge in [0.15, 0.2) is 0 Å². The summed E-state index contributed by atoms with van der Waals surface area (Å²) in [7, 11) is 1.64. The van der Waals surface area contributed by atoms with E-state index in [4.69, 9.17) is 16.3 Å². The van der Waals surface area contributed by atoms with Gasteiger partial charge < -0.3 is 9.84 Å². The zero-order valence-corrected chi connectivity index (χ0v) is 17.7. The monoisotopic (exact) mass is 527 g/mol. The van der Waals surface area contributed by atoms with Crippen molar-refractivity contribution in [3.63, 3.8) is 0 Å². The first kappa shape index (κ1) is 22.8. The average molecular weight is 528 g/mol. The number of halogens is 1. The molecule has 0 aromatic heterocycles. The van der Waals surface area contributed by atoms with Crippen molar-refractivity contribution in [2.75, 3.05) is 7.11 Å². The molecule has 0 atom stereocenters. The Labute approximate surface area is 164 Å². The third-order valence-electron chi connectivity index (χ3n) is 3.59. The summed E-state index contributed by atoms with van der Waals surface area (Å²) in [6.07, 6.45) is 6.99. The molecule has 0 amide bonds. The average Bonchev–Trinajstić information content (AvgIpc) is 2.61. The second-order valence-electron chi connectivity index (χ2n) is 4.82. The number of aryl methyl sites for hydroxylation is 1. The van der Waals surface area contributed by atoms with Gasteiger partial charge in [-0.15, -0.1) is 0 Å². The van der Waals surface area contributed by atoms with Gasteiger partial charge >= 0.3 is 0 Å². The summed E-state index contributed by atoms with van der Waals surface area (Å²) in [5.74, 6) is 1.09. The van der Waals surface area contributed by atoms with E-state index in [9.17, 15) is 5.11 Å². The molecule has 24 heavy (non-hydrogen) atoms. The minimum atomic E-state index is 0. The normalized spacial score (nSPS) is 14.0.